The third kappa shape index (κ3) is 3.99. The minimum atomic E-state index is -4.48. The highest BCUT2D eigenvalue weighted by Gasteiger charge is 2.43. The van der Waals surface area contributed by atoms with Crippen LogP contribution in [0, 0.1) is 0 Å². The molecule has 3 heterocycles. The highest BCUT2D eigenvalue weighted by Crippen LogP contribution is 2.41. The number of aromatic nitrogens is 1. The molecule has 0 aliphatic carbocycles. The fourth-order valence-electron chi connectivity index (χ4n) is 4.32. The number of benzene rings is 1. The largest absolute Gasteiger partial charge is 0.488 e. The van der Waals surface area contributed by atoms with Crippen LogP contribution in [0.25, 0.3) is 0 Å². The lowest BCUT2D eigenvalue weighted by atomic mass is 9.99. The average Bonchev–Trinajstić information content (AvgIpc) is 2.92. The molecule has 2 fully saturated rings. The molecule has 2 bridgehead atoms. The first-order valence-electron chi connectivity index (χ1n) is 9.47. The molecule has 2 saturated heterocycles. The third-order valence-electron chi connectivity index (χ3n) is 5.66. The SMILES string of the molecule is Nc1cc(C(F)(F)F)ccc1OC1CC2CCC(C1)N2c1ccc(C(F)(F)F)cn1. The second kappa shape index (κ2) is 7.24. The predicted octanol–water partition coefficient (Wildman–Crippen LogP) is 5.28. The fraction of sp³-hybridized carbons (Fsp3) is 0.450. The van der Waals surface area contributed by atoms with E-state index < -0.39 is 23.5 Å². The Morgan fingerprint density at radius 3 is 2.00 bits per heavy atom. The van der Waals surface area contributed by atoms with Crippen molar-refractivity contribution in [3.05, 3.63) is 47.7 Å². The molecule has 4 nitrogen and oxygen atoms in total. The number of pyridine rings is 1. The van der Waals surface area contributed by atoms with Gasteiger partial charge in [0.15, 0.2) is 0 Å². The van der Waals surface area contributed by atoms with E-state index >= 15 is 0 Å². The number of nitrogen functional groups attached to an aromatic ring is 1. The van der Waals surface area contributed by atoms with Gasteiger partial charge in [0, 0.05) is 31.1 Å². The molecule has 0 spiro atoms. The molecule has 10 heteroatoms. The summed E-state index contributed by atoms with van der Waals surface area (Å²) < 4.78 is 82.6. The van der Waals surface area contributed by atoms with Gasteiger partial charge in [-0.2, -0.15) is 26.3 Å². The van der Waals surface area contributed by atoms with E-state index in [0.717, 1.165) is 37.2 Å². The quantitative estimate of drug-likeness (QED) is 0.531. The van der Waals surface area contributed by atoms with E-state index in [1.165, 1.54) is 12.1 Å². The van der Waals surface area contributed by atoms with E-state index in [4.69, 9.17) is 10.5 Å². The maximum absolute atomic E-state index is 12.8. The monoisotopic (exact) mass is 431 g/mol. The molecule has 0 radical (unpaired) electrons. The number of halogens is 6. The highest BCUT2D eigenvalue weighted by molar-refractivity contribution is 5.55. The van der Waals surface area contributed by atoms with Crippen molar-refractivity contribution in [1.82, 2.24) is 4.98 Å². The molecule has 2 aliphatic heterocycles. The zero-order chi connectivity index (χ0) is 21.7. The molecule has 2 atom stereocenters. The lowest BCUT2D eigenvalue weighted by Crippen LogP contribution is -2.46. The van der Waals surface area contributed by atoms with Crippen LogP contribution in [0.2, 0.25) is 0 Å². The number of rotatable bonds is 3. The summed E-state index contributed by atoms with van der Waals surface area (Å²) in [4.78, 5) is 6.03. The predicted molar refractivity (Wildman–Crippen MR) is 98.0 cm³/mol. The van der Waals surface area contributed by atoms with E-state index in [1.54, 1.807) is 0 Å². The zero-order valence-corrected chi connectivity index (χ0v) is 15.7. The van der Waals surface area contributed by atoms with Crippen molar-refractivity contribution in [2.45, 2.75) is 56.2 Å². The van der Waals surface area contributed by atoms with Crippen molar-refractivity contribution in [2.75, 3.05) is 10.6 Å². The van der Waals surface area contributed by atoms with Gasteiger partial charge in [-0.05, 0) is 43.2 Å². The molecule has 2 unspecified atom stereocenters. The summed E-state index contributed by atoms with van der Waals surface area (Å²) in [5, 5.41) is 0. The van der Waals surface area contributed by atoms with Gasteiger partial charge in [-0.25, -0.2) is 4.98 Å². The number of alkyl halides is 6. The lowest BCUT2D eigenvalue weighted by Gasteiger charge is -2.39. The number of nitrogens with two attached hydrogens (primary N) is 1. The first kappa shape index (κ1) is 20.6. The van der Waals surface area contributed by atoms with Crippen molar-refractivity contribution in [1.29, 1.82) is 0 Å². The second-order valence-electron chi connectivity index (χ2n) is 7.66. The van der Waals surface area contributed by atoms with Crippen molar-refractivity contribution < 1.29 is 31.1 Å². The van der Waals surface area contributed by atoms with Crippen molar-refractivity contribution >= 4 is 11.5 Å². The van der Waals surface area contributed by atoms with Gasteiger partial charge in [0.05, 0.1) is 16.8 Å². The molecular formula is C20H19F6N3O. The molecule has 2 aromatic rings. The van der Waals surface area contributed by atoms with Crippen LogP contribution in [-0.2, 0) is 12.4 Å². The number of ether oxygens (including phenoxy) is 1. The van der Waals surface area contributed by atoms with Crippen molar-refractivity contribution in [2.24, 2.45) is 0 Å². The minimum absolute atomic E-state index is 0.0358. The number of piperidine rings is 1. The molecule has 2 N–H and O–H groups in total. The van der Waals surface area contributed by atoms with E-state index in [0.29, 0.717) is 18.7 Å². The highest BCUT2D eigenvalue weighted by atomic mass is 19.4. The van der Waals surface area contributed by atoms with Crippen LogP contribution in [0.1, 0.15) is 36.8 Å². The molecule has 30 heavy (non-hydrogen) atoms. The maximum Gasteiger partial charge on any atom is 0.417 e. The standard InChI is InChI=1S/C20H19F6N3O/c21-19(22,23)11-1-5-17(16(27)7-11)30-15-8-13-3-4-14(9-15)29(13)18-6-2-12(10-28-18)20(24,25)26/h1-2,5-7,10,13-15H,3-4,8-9,27H2. The molecule has 0 saturated carbocycles. The van der Waals surface area contributed by atoms with Crippen LogP contribution in [0.5, 0.6) is 5.75 Å². The fourth-order valence-corrected chi connectivity index (χ4v) is 4.32. The Balaban J connectivity index is 1.46. The van der Waals surface area contributed by atoms with Crippen LogP contribution in [-0.4, -0.2) is 23.2 Å². The Hall–Kier alpha value is -2.65. The molecule has 2 aliphatic rings. The molecule has 1 aromatic carbocycles. The van der Waals surface area contributed by atoms with E-state index in [-0.39, 0.29) is 29.6 Å². The van der Waals surface area contributed by atoms with Crippen molar-refractivity contribution in [3.8, 4) is 5.75 Å². The van der Waals surface area contributed by atoms with Gasteiger partial charge < -0.3 is 15.4 Å². The van der Waals surface area contributed by atoms with Gasteiger partial charge in [0.25, 0.3) is 0 Å². The molecule has 162 valence electrons. The zero-order valence-electron chi connectivity index (χ0n) is 15.7. The Kier molecular flexibility index (Phi) is 4.98. The summed E-state index contributed by atoms with van der Waals surface area (Å²) >= 11 is 0. The van der Waals surface area contributed by atoms with Crippen LogP contribution in [0.15, 0.2) is 36.5 Å². The van der Waals surface area contributed by atoms with Crippen LogP contribution >= 0.6 is 0 Å². The normalized spacial score (nSPS) is 24.2. The van der Waals surface area contributed by atoms with Crippen molar-refractivity contribution in [3.63, 3.8) is 0 Å². The van der Waals surface area contributed by atoms with Crippen LogP contribution in [0.4, 0.5) is 37.8 Å². The summed E-state index contributed by atoms with van der Waals surface area (Å²) in [7, 11) is 0. The average molecular weight is 431 g/mol. The third-order valence-corrected chi connectivity index (χ3v) is 5.66. The number of hydrogen-bond donors (Lipinski definition) is 1. The summed E-state index contributed by atoms with van der Waals surface area (Å²) in [6.45, 7) is 0. The number of fused-ring (bicyclic) bond motifs is 2. The number of anilines is 2. The van der Waals surface area contributed by atoms with E-state index in [1.807, 2.05) is 4.90 Å². The Labute approximate surface area is 168 Å². The molecule has 4 rings (SSSR count). The van der Waals surface area contributed by atoms with E-state index in [2.05, 4.69) is 4.98 Å². The smallest absolute Gasteiger partial charge is 0.417 e. The number of nitrogens with zero attached hydrogens (tertiary/aromatic N) is 2. The first-order valence-corrected chi connectivity index (χ1v) is 9.47. The lowest BCUT2D eigenvalue weighted by molar-refractivity contribution is -0.138. The minimum Gasteiger partial charge on any atom is -0.488 e. The van der Waals surface area contributed by atoms with Gasteiger partial charge in [-0.15, -0.1) is 0 Å². The Morgan fingerprint density at radius 1 is 0.900 bits per heavy atom. The Morgan fingerprint density at radius 2 is 1.50 bits per heavy atom. The number of hydrogen-bond acceptors (Lipinski definition) is 4. The summed E-state index contributed by atoms with van der Waals surface area (Å²) in [6.07, 6.45) is -5.48. The summed E-state index contributed by atoms with van der Waals surface area (Å²) in [5.74, 6) is 0.691. The maximum atomic E-state index is 12.8. The summed E-state index contributed by atoms with van der Waals surface area (Å²) in [5.41, 5.74) is 4.04. The van der Waals surface area contributed by atoms with Crippen LogP contribution in [0.3, 0.4) is 0 Å². The van der Waals surface area contributed by atoms with Gasteiger partial charge in [0.1, 0.15) is 17.7 Å². The molecular weight excluding hydrogens is 412 g/mol. The van der Waals surface area contributed by atoms with Gasteiger partial charge in [0.2, 0.25) is 0 Å². The summed E-state index contributed by atoms with van der Waals surface area (Å²) in [6, 6.07) is 5.48. The molecule has 0 amide bonds. The van der Waals surface area contributed by atoms with Gasteiger partial charge in [-0.3, -0.25) is 0 Å². The second-order valence-corrected chi connectivity index (χ2v) is 7.66. The van der Waals surface area contributed by atoms with Crippen LogP contribution < -0.4 is 15.4 Å². The van der Waals surface area contributed by atoms with E-state index in [9.17, 15) is 26.3 Å². The topological polar surface area (TPSA) is 51.4 Å². The first-order chi connectivity index (χ1) is 14.0. The Bertz CT molecular complexity index is 898. The van der Waals surface area contributed by atoms with Gasteiger partial charge in [-0.1, -0.05) is 0 Å². The molecule has 1 aromatic heterocycles. The van der Waals surface area contributed by atoms with Gasteiger partial charge >= 0.3 is 12.4 Å².